The van der Waals surface area contributed by atoms with E-state index >= 15 is 0 Å². The molecule has 25 heavy (non-hydrogen) atoms. The van der Waals surface area contributed by atoms with E-state index in [1.54, 1.807) is 23.2 Å². The Balaban J connectivity index is 1.38. The third kappa shape index (κ3) is 3.50. The molecular weight excluding hydrogens is 320 g/mol. The number of carbonyl (C=O) groups is 2. The number of furan rings is 1. The van der Waals surface area contributed by atoms with Crippen LogP contribution in [-0.4, -0.2) is 53.9 Å². The summed E-state index contributed by atoms with van der Waals surface area (Å²) in [5.41, 5.74) is 1.40. The second-order valence-electron chi connectivity index (χ2n) is 6.40. The van der Waals surface area contributed by atoms with Crippen LogP contribution in [0.1, 0.15) is 33.9 Å². The molecule has 1 saturated heterocycles. The number of aromatic nitrogens is 1. The summed E-state index contributed by atoms with van der Waals surface area (Å²) in [4.78, 5) is 32.6. The van der Waals surface area contributed by atoms with E-state index in [9.17, 15) is 9.59 Å². The highest BCUT2D eigenvalue weighted by atomic mass is 16.3. The highest BCUT2D eigenvalue weighted by Crippen LogP contribution is 2.21. The number of amides is 2. The van der Waals surface area contributed by atoms with Gasteiger partial charge in [-0.3, -0.25) is 14.6 Å². The van der Waals surface area contributed by atoms with Crippen molar-refractivity contribution >= 4 is 17.5 Å². The molecule has 0 aromatic carbocycles. The summed E-state index contributed by atoms with van der Waals surface area (Å²) in [6.45, 7) is 2.65. The maximum atomic E-state index is 12.3. The van der Waals surface area contributed by atoms with Crippen molar-refractivity contribution in [2.45, 2.75) is 18.9 Å². The number of piperazine rings is 1. The lowest BCUT2D eigenvalue weighted by atomic mass is 10.2. The minimum Gasteiger partial charge on any atom is -0.459 e. The van der Waals surface area contributed by atoms with Crippen LogP contribution in [0.4, 0.5) is 5.69 Å². The molecule has 2 aromatic rings. The lowest BCUT2D eigenvalue weighted by Crippen LogP contribution is -2.48. The van der Waals surface area contributed by atoms with E-state index < -0.39 is 0 Å². The van der Waals surface area contributed by atoms with Gasteiger partial charge in [-0.2, -0.15) is 0 Å². The van der Waals surface area contributed by atoms with E-state index in [0.717, 1.165) is 18.5 Å². The van der Waals surface area contributed by atoms with Gasteiger partial charge in [0.1, 0.15) is 5.69 Å². The quantitative estimate of drug-likeness (QED) is 0.913. The predicted molar refractivity (Wildman–Crippen MR) is 91.5 cm³/mol. The Morgan fingerprint density at radius 3 is 2.64 bits per heavy atom. The zero-order chi connectivity index (χ0) is 17.2. The SMILES string of the molecule is O=C(NC1CC1)c1cc(N2CCN(C(=O)c3ccco3)CC2)ccn1. The highest BCUT2D eigenvalue weighted by Gasteiger charge is 2.26. The maximum absolute atomic E-state index is 12.3. The van der Waals surface area contributed by atoms with Gasteiger partial charge in [0.2, 0.25) is 0 Å². The summed E-state index contributed by atoms with van der Waals surface area (Å²) in [6, 6.07) is 7.44. The number of nitrogens with one attached hydrogen (secondary N) is 1. The van der Waals surface area contributed by atoms with Crippen molar-refractivity contribution in [1.29, 1.82) is 0 Å². The first-order chi connectivity index (χ1) is 12.2. The van der Waals surface area contributed by atoms with E-state index in [1.165, 1.54) is 6.26 Å². The molecule has 2 fully saturated rings. The van der Waals surface area contributed by atoms with Gasteiger partial charge in [0.05, 0.1) is 6.26 Å². The van der Waals surface area contributed by atoms with Gasteiger partial charge >= 0.3 is 0 Å². The lowest BCUT2D eigenvalue weighted by molar-refractivity contribution is 0.0714. The molecule has 1 saturated carbocycles. The normalized spacial score (nSPS) is 17.4. The molecule has 0 bridgehead atoms. The third-order valence-corrected chi connectivity index (χ3v) is 4.55. The van der Waals surface area contributed by atoms with Gasteiger partial charge < -0.3 is 19.5 Å². The monoisotopic (exact) mass is 340 g/mol. The first-order valence-electron chi connectivity index (χ1n) is 8.55. The number of hydrogen-bond donors (Lipinski definition) is 1. The highest BCUT2D eigenvalue weighted by molar-refractivity contribution is 5.93. The van der Waals surface area contributed by atoms with Crippen molar-refractivity contribution in [1.82, 2.24) is 15.2 Å². The van der Waals surface area contributed by atoms with Crippen molar-refractivity contribution in [2.75, 3.05) is 31.1 Å². The van der Waals surface area contributed by atoms with Gasteiger partial charge in [0.25, 0.3) is 11.8 Å². The number of carbonyl (C=O) groups excluding carboxylic acids is 2. The van der Waals surface area contributed by atoms with Crippen LogP contribution in [0.2, 0.25) is 0 Å². The Morgan fingerprint density at radius 2 is 1.96 bits per heavy atom. The second-order valence-corrected chi connectivity index (χ2v) is 6.40. The maximum Gasteiger partial charge on any atom is 0.289 e. The van der Waals surface area contributed by atoms with Crippen LogP contribution in [0, 0.1) is 0 Å². The topological polar surface area (TPSA) is 78.7 Å². The van der Waals surface area contributed by atoms with Crippen LogP contribution < -0.4 is 10.2 Å². The van der Waals surface area contributed by atoms with Crippen LogP contribution in [0.25, 0.3) is 0 Å². The largest absolute Gasteiger partial charge is 0.459 e. The fourth-order valence-electron chi connectivity index (χ4n) is 2.95. The molecule has 3 heterocycles. The first kappa shape index (κ1) is 15.7. The molecule has 4 rings (SSSR count). The summed E-state index contributed by atoms with van der Waals surface area (Å²) < 4.78 is 5.18. The molecular formula is C18H20N4O3. The van der Waals surface area contributed by atoms with Crippen LogP contribution >= 0.6 is 0 Å². The van der Waals surface area contributed by atoms with Gasteiger partial charge in [0.15, 0.2) is 5.76 Å². The van der Waals surface area contributed by atoms with Gasteiger partial charge in [-0.15, -0.1) is 0 Å². The predicted octanol–water partition coefficient (Wildman–Crippen LogP) is 1.53. The van der Waals surface area contributed by atoms with E-state index in [2.05, 4.69) is 15.2 Å². The molecule has 0 unspecified atom stereocenters. The zero-order valence-corrected chi connectivity index (χ0v) is 13.9. The van der Waals surface area contributed by atoms with Crippen LogP contribution in [-0.2, 0) is 0 Å². The third-order valence-electron chi connectivity index (χ3n) is 4.55. The van der Waals surface area contributed by atoms with E-state index in [-0.39, 0.29) is 11.8 Å². The Morgan fingerprint density at radius 1 is 1.16 bits per heavy atom. The van der Waals surface area contributed by atoms with Crippen LogP contribution in [0.15, 0.2) is 41.1 Å². The fourth-order valence-corrected chi connectivity index (χ4v) is 2.95. The lowest BCUT2D eigenvalue weighted by Gasteiger charge is -2.35. The number of rotatable bonds is 4. The average Bonchev–Trinajstić information content (AvgIpc) is 3.30. The van der Waals surface area contributed by atoms with E-state index in [4.69, 9.17) is 4.42 Å². The second kappa shape index (κ2) is 6.58. The molecule has 0 atom stereocenters. The van der Waals surface area contributed by atoms with Crippen molar-refractivity contribution in [3.63, 3.8) is 0 Å². The van der Waals surface area contributed by atoms with Gasteiger partial charge in [-0.05, 0) is 37.1 Å². The molecule has 0 radical (unpaired) electrons. The molecule has 1 N–H and O–H groups in total. The summed E-state index contributed by atoms with van der Waals surface area (Å²) >= 11 is 0. The van der Waals surface area contributed by atoms with Crippen molar-refractivity contribution in [2.24, 2.45) is 0 Å². The summed E-state index contributed by atoms with van der Waals surface area (Å²) in [7, 11) is 0. The minimum absolute atomic E-state index is 0.0797. The molecule has 7 nitrogen and oxygen atoms in total. The fraction of sp³-hybridized carbons (Fsp3) is 0.389. The standard InChI is InChI=1S/C18H20N4O3/c23-17(20-13-3-4-13)15-12-14(5-6-19-15)21-7-9-22(10-8-21)18(24)16-2-1-11-25-16/h1-2,5-6,11-13H,3-4,7-10H2,(H,20,23). The molecule has 130 valence electrons. The zero-order valence-electron chi connectivity index (χ0n) is 13.9. The summed E-state index contributed by atoms with van der Waals surface area (Å²) in [6.07, 6.45) is 5.28. The van der Waals surface area contributed by atoms with Gasteiger partial charge in [0, 0.05) is 44.1 Å². The molecule has 1 aliphatic carbocycles. The molecule has 2 amide bonds. The Labute approximate surface area is 145 Å². The van der Waals surface area contributed by atoms with Crippen molar-refractivity contribution in [3.05, 3.63) is 48.2 Å². The average molecular weight is 340 g/mol. The molecule has 2 aromatic heterocycles. The molecule has 0 spiro atoms. The number of anilines is 1. The van der Waals surface area contributed by atoms with Gasteiger partial charge in [-0.25, -0.2) is 0 Å². The van der Waals surface area contributed by atoms with E-state index in [1.807, 2.05) is 12.1 Å². The Hall–Kier alpha value is -2.83. The van der Waals surface area contributed by atoms with E-state index in [0.29, 0.717) is 43.7 Å². The summed E-state index contributed by atoms with van der Waals surface area (Å²) in [5, 5.41) is 2.95. The molecule has 1 aliphatic heterocycles. The van der Waals surface area contributed by atoms with Crippen molar-refractivity contribution in [3.8, 4) is 0 Å². The van der Waals surface area contributed by atoms with Crippen LogP contribution in [0.5, 0.6) is 0 Å². The minimum atomic E-state index is -0.115. The number of nitrogens with zero attached hydrogens (tertiary/aromatic N) is 3. The van der Waals surface area contributed by atoms with Crippen LogP contribution in [0.3, 0.4) is 0 Å². The first-order valence-corrected chi connectivity index (χ1v) is 8.55. The van der Waals surface area contributed by atoms with Gasteiger partial charge in [-0.1, -0.05) is 0 Å². The summed E-state index contributed by atoms with van der Waals surface area (Å²) in [5.74, 6) is 0.177. The van der Waals surface area contributed by atoms with Crippen molar-refractivity contribution < 1.29 is 14.0 Å². The Bertz CT molecular complexity index is 762. The number of hydrogen-bond acceptors (Lipinski definition) is 5. The molecule has 2 aliphatic rings. The molecule has 7 heteroatoms. The number of pyridine rings is 1. The smallest absolute Gasteiger partial charge is 0.289 e. The Kier molecular flexibility index (Phi) is 4.13.